The van der Waals surface area contributed by atoms with Gasteiger partial charge in [0.05, 0.1) is 28.2 Å². The number of anilines is 1. The fraction of sp³-hybridized carbons (Fsp3) is 0.346. The lowest BCUT2D eigenvalue weighted by molar-refractivity contribution is 0.0203. The predicted octanol–water partition coefficient (Wildman–Crippen LogP) is 6.17. The maximum Gasteiger partial charge on any atom is 0.410 e. The molecule has 1 aliphatic rings. The highest BCUT2D eigenvalue weighted by Gasteiger charge is 2.32. The fourth-order valence-corrected chi connectivity index (χ4v) is 4.33. The normalized spacial score (nSPS) is 14.6. The van der Waals surface area contributed by atoms with Crippen LogP contribution in [-0.4, -0.2) is 45.4 Å². The van der Waals surface area contributed by atoms with Gasteiger partial charge in [-0.05, 0) is 76.1 Å². The van der Waals surface area contributed by atoms with Crippen LogP contribution in [0.5, 0.6) is 0 Å². The van der Waals surface area contributed by atoms with Gasteiger partial charge in [0.25, 0.3) is 5.91 Å². The minimum atomic E-state index is -0.594. The van der Waals surface area contributed by atoms with Gasteiger partial charge in [-0.2, -0.15) is 5.10 Å². The molecule has 36 heavy (non-hydrogen) atoms. The maximum absolute atomic E-state index is 13.5. The van der Waals surface area contributed by atoms with E-state index in [1.165, 1.54) is 36.5 Å². The molecule has 10 heteroatoms. The number of carbonyl (C=O) groups is 2. The molecule has 0 saturated carbocycles. The Balaban J connectivity index is 1.61. The number of piperidine rings is 1. The number of aromatic nitrogens is 2. The van der Waals surface area contributed by atoms with Crippen LogP contribution in [-0.2, 0) is 4.74 Å². The first-order valence-electron chi connectivity index (χ1n) is 11.6. The van der Waals surface area contributed by atoms with Crippen molar-refractivity contribution >= 4 is 29.3 Å². The number of halogens is 3. The summed E-state index contributed by atoms with van der Waals surface area (Å²) in [4.78, 5) is 27.4. The Morgan fingerprint density at radius 1 is 1.08 bits per heavy atom. The van der Waals surface area contributed by atoms with Crippen LogP contribution in [0.25, 0.3) is 5.69 Å². The number of rotatable bonds is 4. The van der Waals surface area contributed by atoms with Gasteiger partial charge in [0.2, 0.25) is 0 Å². The van der Waals surface area contributed by atoms with Gasteiger partial charge >= 0.3 is 6.09 Å². The lowest BCUT2D eigenvalue weighted by Crippen LogP contribution is -2.41. The summed E-state index contributed by atoms with van der Waals surface area (Å²) in [6.45, 7) is 6.35. The topological polar surface area (TPSA) is 76.5 Å². The van der Waals surface area contributed by atoms with Crippen molar-refractivity contribution in [2.75, 3.05) is 18.4 Å². The van der Waals surface area contributed by atoms with Gasteiger partial charge in [0, 0.05) is 24.7 Å². The van der Waals surface area contributed by atoms with Crippen LogP contribution in [0.1, 0.15) is 55.6 Å². The third kappa shape index (κ3) is 5.84. The Morgan fingerprint density at radius 2 is 1.75 bits per heavy atom. The van der Waals surface area contributed by atoms with Crippen molar-refractivity contribution in [2.45, 2.75) is 45.1 Å². The number of amides is 2. The number of ether oxygens (including phenoxy) is 1. The monoisotopic (exact) mass is 516 g/mol. The Hall–Kier alpha value is -3.46. The molecule has 1 fully saturated rings. The largest absolute Gasteiger partial charge is 0.444 e. The predicted molar refractivity (Wildman–Crippen MR) is 133 cm³/mol. The van der Waals surface area contributed by atoms with Crippen molar-refractivity contribution in [3.8, 4) is 5.69 Å². The van der Waals surface area contributed by atoms with Crippen LogP contribution < -0.4 is 5.32 Å². The van der Waals surface area contributed by atoms with Crippen molar-refractivity contribution in [3.63, 3.8) is 0 Å². The molecule has 2 aromatic carbocycles. The van der Waals surface area contributed by atoms with Gasteiger partial charge in [-0.15, -0.1) is 0 Å². The lowest BCUT2D eigenvalue weighted by Gasteiger charge is -2.34. The van der Waals surface area contributed by atoms with E-state index < -0.39 is 17.3 Å². The summed E-state index contributed by atoms with van der Waals surface area (Å²) in [5, 5.41) is 7.07. The average Bonchev–Trinajstić information content (AvgIpc) is 3.26. The summed E-state index contributed by atoms with van der Waals surface area (Å²) in [6.07, 6.45) is 2.24. The molecular weight excluding hydrogens is 490 g/mol. The third-order valence-electron chi connectivity index (χ3n) is 5.83. The summed E-state index contributed by atoms with van der Waals surface area (Å²) < 4.78 is 34.2. The van der Waals surface area contributed by atoms with E-state index >= 15 is 0 Å². The van der Waals surface area contributed by atoms with Crippen molar-refractivity contribution < 1.29 is 23.1 Å². The molecule has 3 aromatic rings. The van der Waals surface area contributed by atoms with Crippen LogP contribution in [0.3, 0.4) is 0 Å². The van der Waals surface area contributed by atoms with Gasteiger partial charge < -0.3 is 15.0 Å². The number of hydrogen-bond donors (Lipinski definition) is 1. The highest BCUT2D eigenvalue weighted by atomic mass is 35.5. The van der Waals surface area contributed by atoms with E-state index in [-0.39, 0.29) is 22.9 Å². The van der Waals surface area contributed by atoms with Crippen LogP contribution in [0, 0.1) is 11.6 Å². The van der Waals surface area contributed by atoms with Gasteiger partial charge in [0.15, 0.2) is 0 Å². The van der Waals surface area contributed by atoms with Crippen molar-refractivity contribution in [3.05, 3.63) is 76.6 Å². The van der Waals surface area contributed by atoms with E-state index in [9.17, 15) is 18.4 Å². The zero-order valence-electron chi connectivity index (χ0n) is 20.2. The summed E-state index contributed by atoms with van der Waals surface area (Å²) in [6, 6.07) is 9.75. The molecule has 0 atom stereocenters. The van der Waals surface area contributed by atoms with Gasteiger partial charge in [0.1, 0.15) is 17.2 Å². The molecule has 4 rings (SSSR count). The zero-order chi connectivity index (χ0) is 26.0. The first-order valence-corrected chi connectivity index (χ1v) is 12.0. The molecule has 2 amide bonds. The van der Waals surface area contributed by atoms with Crippen LogP contribution in [0.15, 0.2) is 48.7 Å². The zero-order valence-corrected chi connectivity index (χ0v) is 21.0. The summed E-state index contributed by atoms with van der Waals surface area (Å²) in [5.74, 6) is -1.51. The second-order valence-corrected chi connectivity index (χ2v) is 10.1. The number of nitrogens with one attached hydrogen (secondary N) is 1. The first kappa shape index (κ1) is 25.6. The second-order valence-electron chi connectivity index (χ2n) is 9.66. The highest BCUT2D eigenvalue weighted by Crippen LogP contribution is 2.33. The SMILES string of the molecule is CC(C)(C)OC(=O)N1CCC(c2c(C(=O)Nc3ccc(F)c(Cl)c3)cnn2-c2ccc(F)cc2)CC1. The third-order valence-corrected chi connectivity index (χ3v) is 6.12. The highest BCUT2D eigenvalue weighted by molar-refractivity contribution is 6.31. The molecule has 2 heterocycles. The van der Waals surface area contributed by atoms with Crippen LogP contribution >= 0.6 is 11.6 Å². The number of hydrogen-bond acceptors (Lipinski definition) is 4. The molecule has 190 valence electrons. The smallest absolute Gasteiger partial charge is 0.410 e. The number of benzene rings is 2. The van der Waals surface area contributed by atoms with E-state index in [4.69, 9.17) is 16.3 Å². The molecule has 0 bridgehead atoms. The van der Waals surface area contributed by atoms with Crippen molar-refractivity contribution in [1.29, 1.82) is 0 Å². The fourth-order valence-electron chi connectivity index (χ4n) is 4.15. The molecule has 1 saturated heterocycles. The quantitative estimate of drug-likeness (QED) is 0.450. The molecule has 0 spiro atoms. The van der Waals surface area contributed by atoms with Crippen molar-refractivity contribution in [1.82, 2.24) is 14.7 Å². The van der Waals surface area contributed by atoms with E-state index in [0.717, 1.165) is 0 Å². The Kier molecular flexibility index (Phi) is 7.31. The van der Waals surface area contributed by atoms with Gasteiger partial charge in [-0.25, -0.2) is 18.3 Å². The molecule has 0 radical (unpaired) electrons. The molecule has 1 N–H and O–H groups in total. The van der Waals surface area contributed by atoms with Gasteiger partial charge in [-0.1, -0.05) is 11.6 Å². The second kappa shape index (κ2) is 10.3. The maximum atomic E-state index is 13.5. The Morgan fingerprint density at radius 3 is 2.36 bits per heavy atom. The first-order chi connectivity index (χ1) is 17.0. The van der Waals surface area contributed by atoms with Crippen LogP contribution in [0.2, 0.25) is 5.02 Å². The van der Waals surface area contributed by atoms with Gasteiger partial charge in [-0.3, -0.25) is 4.79 Å². The van der Waals surface area contributed by atoms with E-state index in [1.807, 2.05) is 20.8 Å². The molecule has 0 unspecified atom stereocenters. The van der Waals surface area contributed by atoms with E-state index in [1.54, 1.807) is 21.7 Å². The molecule has 1 aromatic heterocycles. The summed E-state index contributed by atoms with van der Waals surface area (Å²) >= 11 is 5.86. The Labute approximate surface area is 213 Å². The molecule has 1 aliphatic heterocycles. The van der Waals surface area contributed by atoms with Crippen LogP contribution in [0.4, 0.5) is 19.3 Å². The number of likely N-dealkylation sites (tertiary alicyclic amines) is 1. The standard InChI is InChI=1S/C26H27ClF2N4O3/c1-26(2,3)36-25(35)32-12-10-16(11-13-32)23-20(15-30-33(23)19-7-4-17(28)5-8-19)24(34)31-18-6-9-22(29)21(27)14-18/h4-9,14-16H,10-13H2,1-3H3,(H,31,34). The Bertz CT molecular complexity index is 1260. The number of nitrogens with zero attached hydrogens (tertiary/aromatic N) is 3. The minimum absolute atomic E-state index is 0.103. The molecule has 7 nitrogen and oxygen atoms in total. The molecule has 0 aliphatic carbocycles. The molecular formula is C26H27ClF2N4O3. The minimum Gasteiger partial charge on any atom is -0.444 e. The lowest BCUT2D eigenvalue weighted by atomic mass is 9.90. The number of carbonyl (C=O) groups excluding carboxylic acids is 2. The summed E-state index contributed by atoms with van der Waals surface area (Å²) in [7, 11) is 0. The van der Waals surface area contributed by atoms with Crippen molar-refractivity contribution in [2.24, 2.45) is 0 Å². The van der Waals surface area contributed by atoms with E-state index in [2.05, 4.69) is 10.4 Å². The average molecular weight is 517 g/mol. The van der Waals surface area contributed by atoms with E-state index in [0.29, 0.717) is 48.6 Å². The summed E-state index contributed by atoms with van der Waals surface area (Å²) in [5.41, 5.74) is 1.33.